The van der Waals surface area contributed by atoms with Crippen LogP contribution in [0.5, 0.6) is 0 Å². The number of pyridine rings is 2. The van der Waals surface area contributed by atoms with Crippen LogP contribution >= 0.6 is 0 Å². The van der Waals surface area contributed by atoms with Crippen LogP contribution in [0.4, 0.5) is 21.0 Å². The van der Waals surface area contributed by atoms with E-state index in [2.05, 4.69) is 31.2 Å². The van der Waals surface area contributed by atoms with Gasteiger partial charge in [0.05, 0.1) is 35.9 Å². The summed E-state index contributed by atoms with van der Waals surface area (Å²) in [7, 11) is 0. The van der Waals surface area contributed by atoms with Crippen LogP contribution in [0.2, 0.25) is 0 Å². The SMILES string of the molecule is O=C(Nc1cccnc1)N[C@@H]1CCCC[C@H]1NC(=O)Nc1cccnc1. The second kappa shape index (κ2) is 8.80. The van der Waals surface area contributed by atoms with Crippen molar-refractivity contribution in [1.29, 1.82) is 0 Å². The molecule has 0 spiro atoms. The van der Waals surface area contributed by atoms with Crippen molar-refractivity contribution in [3.8, 4) is 0 Å². The highest BCUT2D eigenvalue weighted by atomic mass is 16.2. The van der Waals surface area contributed by atoms with Crippen LogP contribution in [-0.2, 0) is 0 Å². The van der Waals surface area contributed by atoms with Crippen LogP contribution in [0.15, 0.2) is 49.1 Å². The molecule has 3 rings (SSSR count). The maximum atomic E-state index is 12.2. The molecular formula is C18H22N6O2. The van der Waals surface area contributed by atoms with Gasteiger partial charge < -0.3 is 21.3 Å². The summed E-state index contributed by atoms with van der Waals surface area (Å²) < 4.78 is 0. The number of aromatic nitrogens is 2. The minimum absolute atomic E-state index is 0.125. The quantitative estimate of drug-likeness (QED) is 0.677. The minimum atomic E-state index is -0.302. The number of nitrogens with one attached hydrogen (secondary N) is 4. The van der Waals surface area contributed by atoms with E-state index in [0.29, 0.717) is 11.4 Å². The van der Waals surface area contributed by atoms with Gasteiger partial charge in [-0.05, 0) is 37.1 Å². The maximum absolute atomic E-state index is 12.2. The normalized spacial score (nSPS) is 19.2. The molecule has 2 aromatic heterocycles. The average molecular weight is 354 g/mol. The Hall–Kier alpha value is -3.16. The van der Waals surface area contributed by atoms with Crippen molar-refractivity contribution >= 4 is 23.4 Å². The Labute approximate surface area is 151 Å². The fourth-order valence-corrected chi connectivity index (χ4v) is 3.02. The highest BCUT2D eigenvalue weighted by molar-refractivity contribution is 5.90. The van der Waals surface area contributed by atoms with E-state index in [1.807, 2.05) is 0 Å². The highest BCUT2D eigenvalue weighted by Gasteiger charge is 2.27. The average Bonchev–Trinajstić information content (AvgIpc) is 2.65. The third-order valence-electron chi connectivity index (χ3n) is 4.24. The highest BCUT2D eigenvalue weighted by Crippen LogP contribution is 2.19. The lowest BCUT2D eigenvalue weighted by molar-refractivity contribution is 0.225. The number of hydrogen-bond acceptors (Lipinski definition) is 4. The summed E-state index contributed by atoms with van der Waals surface area (Å²) in [5, 5.41) is 11.4. The predicted octanol–water partition coefficient (Wildman–Crippen LogP) is 2.73. The molecule has 0 aliphatic heterocycles. The lowest BCUT2D eigenvalue weighted by Gasteiger charge is -2.32. The fraction of sp³-hybridized carbons (Fsp3) is 0.333. The largest absolute Gasteiger partial charge is 0.333 e. The zero-order chi connectivity index (χ0) is 18.2. The molecule has 4 N–H and O–H groups in total. The van der Waals surface area contributed by atoms with E-state index in [4.69, 9.17) is 0 Å². The van der Waals surface area contributed by atoms with E-state index in [0.717, 1.165) is 25.7 Å². The summed E-state index contributed by atoms with van der Waals surface area (Å²) in [6.07, 6.45) is 10.1. The Morgan fingerprint density at radius 3 is 1.65 bits per heavy atom. The van der Waals surface area contributed by atoms with Gasteiger partial charge in [-0.3, -0.25) is 9.97 Å². The monoisotopic (exact) mass is 354 g/mol. The predicted molar refractivity (Wildman–Crippen MR) is 98.8 cm³/mol. The molecule has 2 atom stereocenters. The minimum Gasteiger partial charge on any atom is -0.333 e. The molecule has 4 amide bonds. The Morgan fingerprint density at radius 2 is 1.27 bits per heavy atom. The fourth-order valence-electron chi connectivity index (χ4n) is 3.02. The molecule has 1 aliphatic carbocycles. The lowest BCUT2D eigenvalue weighted by Crippen LogP contribution is -2.54. The molecule has 1 saturated carbocycles. The second-order valence-electron chi connectivity index (χ2n) is 6.18. The molecule has 0 unspecified atom stereocenters. The van der Waals surface area contributed by atoms with E-state index in [-0.39, 0.29) is 24.1 Å². The van der Waals surface area contributed by atoms with Crippen LogP contribution < -0.4 is 21.3 Å². The van der Waals surface area contributed by atoms with Gasteiger partial charge in [0.2, 0.25) is 0 Å². The van der Waals surface area contributed by atoms with Crippen LogP contribution in [0, 0.1) is 0 Å². The smallest absolute Gasteiger partial charge is 0.319 e. The molecular weight excluding hydrogens is 332 g/mol. The molecule has 2 aromatic rings. The first-order valence-electron chi connectivity index (χ1n) is 8.66. The maximum Gasteiger partial charge on any atom is 0.319 e. The first-order valence-corrected chi connectivity index (χ1v) is 8.66. The van der Waals surface area contributed by atoms with Gasteiger partial charge in [-0.2, -0.15) is 0 Å². The van der Waals surface area contributed by atoms with Gasteiger partial charge in [0.15, 0.2) is 0 Å². The summed E-state index contributed by atoms with van der Waals surface area (Å²) in [5.41, 5.74) is 1.25. The van der Waals surface area contributed by atoms with E-state index >= 15 is 0 Å². The molecule has 26 heavy (non-hydrogen) atoms. The summed E-state index contributed by atoms with van der Waals surface area (Å²) in [6.45, 7) is 0. The van der Waals surface area contributed by atoms with E-state index in [9.17, 15) is 9.59 Å². The number of carbonyl (C=O) groups excluding carboxylic acids is 2. The molecule has 1 fully saturated rings. The Balaban J connectivity index is 1.53. The standard InChI is InChI=1S/C18H22N6O2/c25-17(21-13-5-3-9-19-11-13)23-15-7-1-2-8-16(15)24-18(26)22-14-6-4-10-20-12-14/h3-6,9-12,15-16H,1-2,7-8H2,(H2,21,23,25)(H2,22,24,26)/t15-,16-/m1/s1. The number of anilines is 2. The van der Waals surface area contributed by atoms with Crippen molar-refractivity contribution in [1.82, 2.24) is 20.6 Å². The topological polar surface area (TPSA) is 108 Å². The van der Waals surface area contributed by atoms with Crippen molar-refractivity contribution in [2.75, 3.05) is 10.6 Å². The Kier molecular flexibility index (Phi) is 5.97. The summed E-state index contributed by atoms with van der Waals surface area (Å²) in [4.78, 5) is 32.4. The van der Waals surface area contributed by atoms with E-state index < -0.39 is 0 Å². The molecule has 8 heteroatoms. The van der Waals surface area contributed by atoms with Gasteiger partial charge in [0.1, 0.15) is 0 Å². The van der Waals surface area contributed by atoms with E-state index in [1.165, 1.54) is 0 Å². The molecule has 0 bridgehead atoms. The number of amides is 4. The van der Waals surface area contributed by atoms with E-state index in [1.54, 1.807) is 49.1 Å². The van der Waals surface area contributed by atoms with Crippen molar-refractivity contribution < 1.29 is 9.59 Å². The first-order chi connectivity index (χ1) is 12.7. The van der Waals surface area contributed by atoms with Gasteiger partial charge in [-0.1, -0.05) is 12.8 Å². The zero-order valence-electron chi connectivity index (χ0n) is 14.3. The van der Waals surface area contributed by atoms with Crippen LogP contribution in [-0.4, -0.2) is 34.1 Å². The van der Waals surface area contributed by atoms with Crippen LogP contribution in [0.1, 0.15) is 25.7 Å². The van der Waals surface area contributed by atoms with Crippen molar-refractivity contribution in [2.24, 2.45) is 0 Å². The van der Waals surface area contributed by atoms with Crippen molar-refractivity contribution in [3.63, 3.8) is 0 Å². The van der Waals surface area contributed by atoms with Crippen LogP contribution in [0.3, 0.4) is 0 Å². The third-order valence-corrected chi connectivity index (χ3v) is 4.24. The summed E-state index contributed by atoms with van der Waals surface area (Å²) >= 11 is 0. The molecule has 2 heterocycles. The summed E-state index contributed by atoms with van der Waals surface area (Å²) in [5.74, 6) is 0. The van der Waals surface area contributed by atoms with Gasteiger partial charge in [-0.15, -0.1) is 0 Å². The molecule has 8 nitrogen and oxygen atoms in total. The second-order valence-corrected chi connectivity index (χ2v) is 6.18. The van der Waals surface area contributed by atoms with Crippen molar-refractivity contribution in [3.05, 3.63) is 49.1 Å². The van der Waals surface area contributed by atoms with Gasteiger partial charge in [0, 0.05) is 12.4 Å². The number of rotatable bonds is 4. The number of nitrogens with zero attached hydrogens (tertiary/aromatic N) is 2. The number of hydrogen-bond donors (Lipinski definition) is 4. The molecule has 1 aliphatic rings. The van der Waals surface area contributed by atoms with Crippen LogP contribution in [0.25, 0.3) is 0 Å². The van der Waals surface area contributed by atoms with Gasteiger partial charge >= 0.3 is 12.1 Å². The Bertz CT molecular complexity index is 661. The van der Waals surface area contributed by atoms with Crippen molar-refractivity contribution in [2.45, 2.75) is 37.8 Å². The summed E-state index contributed by atoms with van der Waals surface area (Å²) in [6, 6.07) is 6.19. The molecule has 0 aromatic carbocycles. The zero-order valence-corrected chi connectivity index (χ0v) is 14.3. The number of carbonyl (C=O) groups is 2. The third kappa shape index (κ3) is 5.17. The molecule has 0 saturated heterocycles. The molecule has 0 radical (unpaired) electrons. The Morgan fingerprint density at radius 1 is 0.808 bits per heavy atom. The lowest BCUT2D eigenvalue weighted by atomic mass is 9.90. The van der Waals surface area contributed by atoms with Gasteiger partial charge in [-0.25, -0.2) is 9.59 Å². The molecule has 136 valence electrons. The van der Waals surface area contributed by atoms with Gasteiger partial charge in [0.25, 0.3) is 0 Å². The number of urea groups is 2. The first kappa shape index (κ1) is 17.7.